The van der Waals surface area contributed by atoms with E-state index in [9.17, 15) is 9.90 Å². The molecule has 0 radical (unpaired) electrons. The largest absolute Gasteiger partial charge is 0.487 e. The smallest absolute Gasteiger partial charge is 0.337 e. The van der Waals surface area contributed by atoms with Gasteiger partial charge in [0, 0.05) is 30.5 Å². The van der Waals surface area contributed by atoms with Gasteiger partial charge < -0.3 is 24.2 Å². The highest BCUT2D eigenvalue weighted by atomic mass is 35.5. The van der Waals surface area contributed by atoms with Crippen LogP contribution in [0.5, 0.6) is 5.75 Å². The zero-order valence-electron chi connectivity index (χ0n) is 21.8. The third kappa shape index (κ3) is 5.92. The number of fused-ring (bicyclic) bond motifs is 2. The molecule has 6 nitrogen and oxygen atoms in total. The Hall–Kier alpha value is -2.28. The molecule has 37 heavy (non-hydrogen) atoms. The van der Waals surface area contributed by atoms with E-state index in [-0.39, 0.29) is 24.1 Å². The van der Waals surface area contributed by atoms with Gasteiger partial charge in [0.05, 0.1) is 37.2 Å². The number of hydrogen-bond donors (Lipinski definition) is 1. The molecule has 0 unspecified atom stereocenters. The van der Waals surface area contributed by atoms with Gasteiger partial charge in [0.2, 0.25) is 0 Å². The maximum Gasteiger partial charge on any atom is 0.337 e. The highest BCUT2D eigenvalue weighted by Gasteiger charge is 2.42. The van der Waals surface area contributed by atoms with Gasteiger partial charge >= 0.3 is 5.97 Å². The van der Waals surface area contributed by atoms with Gasteiger partial charge in [-0.1, -0.05) is 24.6 Å². The van der Waals surface area contributed by atoms with Crippen molar-refractivity contribution < 1.29 is 24.1 Å². The monoisotopic (exact) mass is 527 g/mol. The van der Waals surface area contributed by atoms with Crippen LogP contribution < -0.4 is 9.64 Å². The summed E-state index contributed by atoms with van der Waals surface area (Å²) in [6.45, 7) is 4.86. The number of aliphatic hydroxyl groups excluding tert-OH is 1. The minimum atomic E-state index is -0.350. The summed E-state index contributed by atoms with van der Waals surface area (Å²) in [4.78, 5) is 14.8. The summed E-state index contributed by atoms with van der Waals surface area (Å²) in [5.41, 5.74) is 3.83. The predicted octanol–water partition coefficient (Wildman–Crippen LogP) is 5.66. The van der Waals surface area contributed by atoms with Crippen LogP contribution >= 0.6 is 11.6 Å². The van der Waals surface area contributed by atoms with Crippen molar-refractivity contribution >= 4 is 23.3 Å². The van der Waals surface area contributed by atoms with Gasteiger partial charge in [-0.15, -0.1) is 0 Å². The van der Waals surface area contributed by atoms with E-state index in [1.165, 1.54) is 12.7 Å². The summed E-state index contributed by atoms with van der Waals surface area (Å²) < 4.78 is 17.6. The van der Waals surface area contributed by atoms with E-state index in [4.69, 9.17) is 25.8 Å². The molecular weight excluding hydrogens is 490 g/mol. The van der Waals surface area contributed by atoms with Gasteiger partial charge in [0.1, 0.15) is 12.4 Å². The van der Waals surface area contributed by atoms with E-state index in [2.05, 4.69) is 17.9 Å². The topological polar surface area (TPSA) is 68.2 Å². The van der Waals surface area contributed by atoms with Gasteiger partial charge in [0.25, 0.3) is 0 Å². The van der Waals surface area contributed by atoms with Crippen molar-refractivity contribution in [3.8, 4) is 5.75 Å². The molecule has 0 spiro atoms. The standard InChI is InChI=1S/C30H38ClNO5/c1-19-17-36-29(15-27(19)33)25-10-7-22(25)16-32-12-4-3-5-20-13-24(31)9-6-23(20)18-37-28-11-8-21(14-26(28)32)30(34)35-2/h6,8-9,11,13-14,19,22,25,27,29,33H,3-5,7,10,12,15-18H2,1-2H3/t19-,22+,25-,27+,29-/m1/s1. The van der Waals surface area contributed by atoms with Crippen LogP contribution in [0.1, 0.15) is 60.5 Å². The Bertz CT molecular complexity index is 1110. The molecule has 1 N–H and O–H groups in total. The number of halogens is 1. The lowest BCUT2D eigenvalue weighted by Gasteiger charge is -2.47. The zero-order chi connectivity index (χ0) is 25.9. The lowest BCUT2D eigenvalue weighted by molar-refractivity contribution is -0.124. The minimum Gasteiger partial charge on any atom is -0.487 e. The molecule has 0 bridgehead atoms. The summed E-state index contributed by atoms with van der Waals surface area (Å²) in [5.74, 6) is 1.53. The van der Waals surface area contributed by atoms with Crippen molar-refractivity contribution in [2.45, 2.75) is 64.3 Å². The van der Waals surface area contributed by atoms with E-state index in [1.807, 2.05) is 24.3 Å². The Balaban J connectivity index is 1.40. The maximum absolute atomic E-state index is 12.4. The van der Waals surface area contributed by atoms with Crippen LogP contribution in [0.2, 0.25) is 5.02 Å². The normalized spacial score (nSPS) is 28.1. The number of carbonyl (C=O) groups excluding carboxylic acids is 1. The van der Waals surface area contributed by atoms with Crippen LogP contribution in [0.3, 0.4) is 0 Å². The maximum atomic E-state index is 12.4. The van der Waals surface area contributed by atoms with Gasteiger partial charge in [-0.25, -0.2) is 4.79 Å². The molecule has 0 amide bonds. The van der Waals surface area contributed by atoms with E-state index in [0.29, 0.717) is 30.6 Å². The third-order valence-corrected chi connectivity index (χ3v) is 8.74. The predicted molar refractivity (Wildman–Crippen MR) is 144 cm³/mol. The second-order valence-electron chi connectivity index (χ2n) is 10.9. The first-order chi connectivity index (χ1) is 17.9. The van der Waals surface area contributed by atoms with E-state index < -0.39 is 0 Å². The number of aryl methyl sites for hydroxylation is 1. The Morgan fingerprint density at radius 2 is 2.03 bits per heavy atom. The summed E-state index contributed by atoms with van der Waals surface area (Å²) in [5, 5.41) is 11.2. The van der Waals surface area contributed by atoms with Crippen molar-refractivity contribution in [2.24, 2.45) is 17.8 Å². The molecule has 5 rings (SSSR count). The van der Waals surface area contributed by atoms with Crippen LogP contribution in [0, 0.1) is 17.8 Å². The fourth-order valence-electron chi connectivity index (χ4n) is 6.00. The fraction of sp³-hybridized carbons (Fsp3) is 0.567. The zero-order valence-corrected chi connectivity index (χ0v) is 22.6. The lowest BCUT2D eigenvalue weighted by Crippen LogP contribution is -2.48. The van der Waals surface area contributed by atoms with Crippen molar-refractivity contribution in [3.63, 3.8) is 0 Å². The van der Waals surface area contributed by atoms with Crippen molar-refractivity contribution in [1.82, 2.24) is 0 Å². The third-order valence-electron chi connectivity index (χ3n) is 8.51. The molecule has 2 heterocycles. The van der Waals surface area contributed by atoms with Gasteiger partial charge in [-0.05, 0) is 85.4 Å². The molecule has 1 saturated carbocycles. The summed E-state index contributed by atoms with van der Waals surface area (Å²) in [7, 11) is 1.41. The minimum absolute atomic E-state index is 0.116. The average molecular weight is 528 g/mol. The van der Waals surface area contributed by atoms with Crippen LogP contribution in [0.15, 0.2) is 36.4 Å². The number of anilines is 1. The number of carbonyl (C=O) groups is 1. The number of aliphatic hydroxyl groups is 1. The number of hydrogen-bond acceptors (Lipinski definition) is 6. The van der Waals surface area contributed by atoms with E-state index >= 15 is 0 Å². The lowest BCUT2D eigenvalue weighted by atomic mass is 9.68. The number of nitrogens with zero attached hydrogens (tertiary/aromatic N) is 1. The first kappa shape index (κ1) is 26.3. The molecule has 7 heteroatoms. The molecule has 5 atom stereocenters. The highest BCUT2D eigenvalue weighted by molar-refractivity contribution is 6.30. The number of methoxy groups -OCH3 is 1. The number of ether oxygens (including phenoxy) is 3. The molecule has 2 fully saturated rings. The van der Waals surface area contributed by atoms with Crippen LogP contribution in [-0.4, -0.2) is 50.1 Å². The highest BCUT2D eigenvalue weighted by Crippen LogP contribution is 2.43. The first-order valence-electron chi connectivity index (χ1n) is 13.6. The van der Waals surface area contributed by atoms with Crippen molar-refractivity contribution in [2.75, 3.05) is 31.7 Å². The van der Waals surface area contributed by atoms with Gasteiger partial charge in [-0.3, -0.25) is 0 Å². The summed E-state index contributed by atoms with van der Waals surface area (Å²) in [6.07, 6.45) is 5.83. The Kier molecular flexibility index (Phi) is 8.28. The molecule has 0 aromatic heterocycles. The molecule has 2 aromatic rings. The van der Waals surface area contributed by atoms with Crippen LogP contribution in [-0.2, 0) is 22.5 Å². The van der Waals surface area contributed by atoms with E-state index in [1.54, 1.807) is 6.07 Å². The second kappa shape index (κ2) is 11.6. The number of benzene rings is 2. The van der Waals surface area contributed by atoms with E-state index in [0.717, 1.165) is 73.6 Å². The van der Waals surface area contributed by atoms with Gasteiger partial charge in [-0.2, -0.15) is 0 Å². The second-order valence-corrected chi connectivity index (χ2v) is 11.4. The summed E-state index contributed by atoms with van der Waals surface area (Å²) in [6, 6.07) is 11.6. The Morgan fingerprint density at radius 1 is 1.16 bits per heavy atom. The first-order valence-corrected chi connectivity index (χ1v) is 14.0. The van der Waals surface area contributed by atoms with Crippen LogP contribution in [0.4, 0.5) is 5.69 Å². The number of rotatable bonds is 4. The average Bonchev–Trinajstić information content (AvgIpc) is 2.91. The fourth-order valence-corrected chi connectivity index (χ4v) is 6.20. The molecule has 200 valence electrons. The molecule has 2 aromatic carbocycles. The number of esters is 1. The molecule has 3 aliphatic rings. The molecular formula is C30H38ClNO5. The Labute approximate surface area is 224 Å². The molecule has 1 aliphatic carbocycles. The summed E-state index contributed by atoms with van der Waals surface area (Å²) >= 11 is 6.30. The van der Waals surface area contributed by atoms with Gasteiger partial charge in [0.15, 0.2) is 0 Å². The SMILES string of the molecule is COC(=O)c1ccc2c(c1)N(C[C@@H]1CC[C@H]1[C@H]1C[C@H](O)[C@H](C)CO1)CCCCc1cc(Cl)ccc1CO2. The molecule has 2 aliphatic heterocycles. The quantitative estimate of drug-likeness (QED) is 0.517. The molecule has 1 saturated heterocycles. The van der Waals surface area contributed by atoms with Crippen molar-refractivity contribution in [3.05, 3.63) is 58.1 Å². The van der Waals surface area contributed by atoms with Crippen LogP contribution in [0.25, 0.3) is 0 Å². The van der Waals surface area contributed by atoms with Crippen molar-refractivity contribution in [1.29, 1.82) is 0 Å². The Morgan fingerprint density at radius 3 is 2.78 bits per heavy atom.